The summed E-state index contributed by atoms with van der Waals surface area (Å²) >= 11 is 0. The van der Waals surface area contributed by atoms with Crippen LogP contribution < -0.4 is 15.5 Å². The Bertz CT molecular complexity index is 2960. The zero-order chi connectivity index (χ0) is 47.0. The Kier molecular flexibility index (Phi) is 11.9. The number of esters is 2. The van der Waals surface area contributed by atoms with Crippen LogP contribution in [0.1, 0.15) is 59.9 Å². The molecule has 2 fully saturated rings. The number of benzene rings is 5. The number of anilines is 1. The van der Waals surface area contributed by atoms with Crippen LogP contribution in [0.15, 0.2) is 140 Å². The summed E-state index contributed by atoms with van der Waals surface area (Å²) in [6, 6.07) is 31.7. The molecule has 3 aliphatic rings. The highest BCUT2D eigenvalue weighted by molar-refractivity contribution is 6.25. The Morgan fingerprint density at radius 2 is 1.58 bits per heavy atom. The van der Waals surface area contributed by atoms with Gasteiger partial charge in [-0.05, 0) is 70.6 Å². The molecule has 1 spiro atoms. The number of morpholine rings is 1. The number of rotatable bonds is 10. The van der Waals surface area contributed by atoms with Crippen LogP contribution in [0.4, 0.5) is 10.5 Å². The molecule has 15 heteroatoms. The van der Waals surface area contributed by atoms with Crippen molar-refractivity contribution in [3.05, 3.63) is 168 Å². The van der Waals surface area contributed by atoms with Crippen LogP contribution in [0.3, 0.4) is 0 Å². The Balaban J connectivity index is 1.32. The number of fused-ring (bicyclic) bond motifs is 4. The molecule has 5 aromatic carbocycles. The van der Waals surface area contributed by atoms with Crippen molar-refractivity contribution in [2.75, 3.05) is 18.6 Å². The van der Waals surface area contributed by atoms with Gasteiger partial charge >= 0.3 is 18.0 Å². The summed E-state index contributed by atoms with van der Waals surface area (Å²) in [6.07, 6.45) is 0.549. The number of methoxy groups -OCH3 is 1. The number of cyclic esters (lactones) is 1. The number of amides is 4. The van der Waals surface area contributed by atoms with E-state index < -0.39 is 77.3 Å². The average molecular weight is 898 g/mol. The normalized spacial score (nSPS) is 22.3. The lowest BCUT2D eigenvalue weighted by atomic mass is 9.65. The van der Waals surface area contributed by atoms with Crippen LogP contribution in [-0.2, 0) is 40.6 Å². The van der Waals surface area contributed by atoms with Crippen LogP contribution >= 0.6 is 0 Å². The van der Waals surface area contributed by atoms with Gasteiger partial charge in [0, 0.05) is 12.1 Å². The largest absolute Gasteiger partial charge is 0.508 e. The van der Waals surface area contributed by atoms with Gasteiger partial charge in [-0.15, -0.1) is 11.7 Å². The third-order valence-corrected chi connectivity index (χ3v) is 12.9. The van der Waals surface area contributed by atoms with Crippen molar-refractivity contribution in [3.63, 3.8) is 0 Å². The van der Waals surface area contributed by atoms with Crippen LogP contribution in [-0.4, -0.2) is 80.5 Å². The molecule has 338 valence electrons. The van der Waals surface area contributed by atoms with Gasteiger partial charge in [0.05, 0.1) is 36.3 Å². The number of aromatic hydroxyl groups is 1. The third kappa shape index (κ3) is 7.54. The Labute approximate surface area is 386 Å². The topological polar surface area (TPSA) is 185 Å². The van der Waals surface area contributed by atoms with Crippen molar-refractivity contribution in [1.82, 2.24) is 30.5 Å². The number of urea groups is 1. The number of hydrogen-bond acceptors (Lipinski definition) is 11. The number of aromatic nitrogens is 3. The summed E-state index contributed by atoms with van der Waals surface area (Å²) in [5.74, 6) is 1.29. The van der Waals surface area contributed by atoms with E-state index in [0.29, 0.717) is 22.2 Å². The number of ether oxygens (including phenoxy) is 2. The molecule has 7 unspecified atom stereocenters. The minimum absolute atomic E-state index is 0.0191. The molecule has 67 heavy (non-hydrogen) atoms. The fraction of sp³-hybridized carbons (Fsp3) is 0.250. The van der Waals surface area contributed by atoms with Gasteiger partial charge in [-0.3, -0.25) is 19.3 Å². The number of para-hydroxylation sites is 1. The summed E-state index contributed by atoms with van der Waals surface area (Å²) in [4.78, 5) is 77.7. The van der Waals surface area contributed by atoms with E-state index in [9.17, 15) is 14.7 Å². The second kappa shape index (κ2) is 18.1. The zero-order valence-corrected chi connectivity index (χ0v) is 36.9. The molecule has 0 saturated carbocycles. The monoisotopic (exact) mass is 897 g/mol. The average Bonchev–Trinajstić information content (AvgIpc) is 3.99. The maximum atomic E-state index is 16.4. The van der Waals surface area contributed by atoms with Gasteiger partial charge in [0.15, 0.2) is 0 Å². The summed E-state index contributed by atoms with van der Waals surface area (Å²) in [6.45, 7) is 7.39. The summed E-state index contributed by atoms with van der Waals surface area (Å²) in [5, 5.41) is 24.8. The van der Waals surface area contributed by atoms with Gasteiger partial charge in [0.2, 0.25) is 11.8 Å². The van der Waals surface area contributed by atoms with E-state index >= 15 is 14.4 Å². The molecule has 0 radical (unpaired) electrons. The Morgan fingerprint density at radius 3 is 2.27 bits per heavy atom. The lowest BCUT2D eigenvalue weighted by Gasteiger charge is -2.46. The van der Waals surface area contributed by atoms with Crippen LogP contribution in [0, 0.1) is 23.7 Å². The Morgan fingerprint density at radius 1 is 0.896 bits per heavy atom. The number of phenols is 1. The van der Waals surface area contributed by atoms with E-state index in [2.05, 4.69) is 39.4 Å². The van der Waals surface area contributed by atoms with Gasteiger partial charge in [0.1, 0.15) is 41.4 Å². The lowest BCUT2D eigenvalue weighted by Crippen LogP contribution is -2.57. The molecule has 9 rings (SSSR count). The predicted octanol–water partition coefficient (Wildman–Crippen LogP) is 6.06. The summed E-state index contributed by atoms with van der Waals surface area (Å²) in [5.41, 5.74) is 2.00. The number of nitrogens with one attached hydrogen (secondary N) is 2. The first-order chi connectivity index (χ1) is 32.5. The van der Waals surface area contributed by atoms with Crippen molar-refractivity contribution in [2.45, 2.75) is 56.1 Å². The molecule has 3 aliphatic heterocycles. The number of carbonyl (C=O) groups is 5. The molecule has 15 nitrogen and oxygen atoms in total. The molecular formula is C52H47N7O8. The SMILES string of the molecule is C=CCNC(=O)C1C2C(=O)OC(c3ccccc3)C(c3ccccc3)N2C(c2ccc(O)cc2)C12C(=O)N(C(=O)NC(C(=O)OC)C(C)C)c1ccc(C#CCn3nnc4ccccc43)cc12. The van der Waals surface area contributed by atoms with Crippen molar-refractivity contribution in [2.24, 2.45) is 11.8 Å². The molecule has 0 bridgehead atoms. The highest BCUT2D eigenvalue weighted by Gasteiger charge is 2.75. The minimum Gasteiger partial charge on any atom is -0.508 e. The third-order valence-electron chi connectivity index (χ3n) is 12.9. The van der Waals surface area contributed by atoms with Crippen LogP contribution in [0.5, 0.6) is 5.75 Å². The zero-order valence-electron chi connectivity index (χ0n) is 36.9. The first-order valence-corrected chi connectivity index (χ1v) is 21.9. The number of carbonyl (C=O) groups excluding carboxylic acids is 5. The fourth-order valence-electron chi connectivity index (χ4n) is 10.00. The minimum atomic E-state index is -2.09. The number of imide groups is 1. The molecule has 4 heterocycles. The van der Waals surface area contributed by atoms with E-state index in [1.54, 1.807) is 48.9 Å². The summed E-state index contributed by atoms with van der Waals surface area (Å²) in [7, 11) is 1.21. The molecule has 4 amide bonds. The maximum absolute atomic E-state index is 16.4. The van der Waals surface area contributed by atoms with E-state index in [-0.39, 0.29) is 30.1 Å². The van der Waals surface area contributed by atoms with E-state index in [1.165, 1.54) is 25.3 Å². The van der Waals surface area contributed by atoms with Gasteiger partial charge < -0.3 is 25.2 Å². The molecule has 7 atom stereocenters. The predicted molar refractivity (Wildman–Crippen MR) is 247 cm³/mol. The number of phenolic OH excluding ortho intramolecular Hbond substituents is 1. The van der Waals surface area contributed by atoms with Crippen LogP contribution in [0.25, 0.3) is 11.0 Å². The number of nitrogens with zero attached hydrogens (tertiary/aromatic N) is 5. The van der Waals surface area contributed by atoms with E-state index in [1.807, 2.05) is 89.8 Å². The Hall–Kier alpha value is -8.09. The molecular weight excluding hydrogens is 851 g/mol. The maximum Gasteiger partial charge on any atom is 0.329 e. The molecule has 3 N–H and O–H groups in total. The molecule has 6 aromatic rings. The summed E-state index contributed by atoms with van der Waals surface area (Å²) < 4.78 is 13.2. The molecule has 2 saturated heterocycles. The smallest absolute Gasteiger partial charge is 0.329 e. The lowest BCUT2D eigenvalue weighted by molar-refractivity contribution is -0.178. The first-order valence-electron chi connectivity index (χ1n) is 21.9. The van der Waals surface area contributed by atoms with Gasteiger partial charge in [-0.25, -0.2) is 19.2 Å². The van der Waals surface area contributed by atoms with Gasteiger partial charge in [-0.1, -0.05) is 122 Å². The second-order valence-electron chi connectivity index (χ2n) is 17.0. The van der Waals surface area contributed by atoms with Crippen molar-refractivity contribution in [1.29, 1.82) is 0 Å². The van der Waals surface area contributed by atoms with Crippen molar-refractivity contribution >= 4 is 46.5 Å². The van der Waals surface area contributed by atoms with Crippen molar-refractivity contribution < 1.29 is 38.6 Å². The van der Waals surface area contributed by atoms with Gasteiger partial charge in [-0.2, -0.15) is 0 Å². The fourth-order valence-corrected chi connectivity index (χ4v) is 10.00. The van der Waals surface area contributed by atoms with Crippen LogP contribution in [0.2, 0.25) is 0 Å². The number of hydrogen-bond donors (Lipinski definition) is 3. The van der Waals surface area contributed by atoms with E-state index in [4.69, 9.17) is 9.47 Å². The standard InChI is InChI=1S/C52H47N7O8/c1-5-28-53-47(61)41-44-49(63)67-45(34-18-10-7-11-19-34)43(33-16-8-6-9-17-33)59(44)46(35-23-25-36(60)26-24-35)52(41)37-30-32(15-14-29-57-40-21-13-12-20-38(40)55-56-57)22-27-39(37)58(50(52)64)51(65)54-42(31(2)3)48(62)66-4/h5-13,16-27,30-31,41-46,60H,1,28-29H2,2-4H3,(H,53,61)(H,54,65). The molecule has 1 aromatic heterocycles. The van der Waals surface area contributed by atoms with Gasteiger partial charge in [0.25, 0.3) is 0 Å². The first kappa shape index (κ1) is 44.1. The van der Waals surface area contributed by atoms with Crippen molar-refractivity contribution in [3.8, 4) is 17.6 Å². The quantitative estimate of drug-likeness (QED) is 0.0825. The van der Waals surface area contributed by atoms with E-state index in [0.717, 1.165) is 16.0 Å². The second-order valence-corrected chi connectivity index (χ2v) is 17.0. The molecule has 0 aliphatic carbocycles. The highest BCUT2D eigenvalue weighted by Crippen LogP contribution is 2.66. The highest BCUT2D eigenvalue weighted by atomic mass is 16.6.